The molecule has 0 aromatic heterocycles. The third-order valence-corrected chi connectivity index (χ3v) is 4.95. The van der Waals surface area contributed by atoms with E-state index in [1.807, 2.05) is 0 Å². The fourth-order valence-corrected chi connectivity index (χ4v) is 2.36. The van der Waals surface area contributed by atoms with Gasteiger partial charge in [0.1, 0.15) is 0 Å². The van der Waals surface area contributed by atoms with Crippen molar-refractivity contribution in [1.82, 2.24) is 4.90 Å². The third-order valence-electron chi connectivity index (χ3n) is 2.76. The Bertz CT molecular complexity index is 274. The molecule has 0 aliphatic heterocycles. The van der Waals surface area contributed by atoms with Gasteiger partial charge in [-0.2, -0.15) is 0 Å². The summed E-state index contributed by atoms with van der Waals surface area (Å²) in [4.78, 5) is 2.17. The van der Waals surface area contributed by atoms with E-state index in [0.29, 0.717) is 19.1 Å². The lowest BCUT2D eigenvalue weighted by Crippen LogP contribution is -2.37. The first-order valence-electron chi connectivity index (χ1n) is 5.97. The van der Waals surface area contributed by atoms with Crippen LogP contribution in [0, 0.1) is 0 Å². The first-order valence-corrected chi connectivity index (χ1v) is 7.68. The van der Waals surface area contributed by atoms with E-state index in [-0.39, 0.29) is 11.0 Å². The lowest BCUT2D eigenvalue weighted by molar-refractivity contribution is 0.233. The fourth-order valence-electron chi connectivity index (χ4n) is 1.40. The van der Waals surface area contributed by atoms with Gasteiger partial charge in [-0.3, -0.25) is 4.90 Å². The van der Waals surface area contributed by atoms with E-state index >= 15 is 0 Å². The maximum Gasteiger partial charge on any atom is 0.153 e. The molecule has 0 amide bonds. The van der Waals surface area contributed by atoms with Crippen molar-refractivity contribution in [2.45, 2.75) is 45.4 Å². The van der Waals surface area contributed by atoms with Crippen LogP contribution in [0.3, 0.4) is 0 Å². The number of sulfone groups is 1. The van der Waals surface area contributed by atoms with Crippen LogP contribution >= 0.6 is 0 Å². The van der Waals surface area contributed by atoms with Crippen LogP contribution in [-0.4, -0.2) is 50.0 Å². The topological polar surface area (TPSA) is 63.4 Å². The van der Waals surface area contributed by atoms with Gasteiger partial charge in [-0.05, 0) is 47.2 Å². The zero-order valence-corrected chi connectivity index (χ0v) is 11.8. The molecule has 5 heteroatoms. The summed E-state index contributed by atoms with van der Waals surface area (Å²) in [6.45, 7) is 9.76. The van der Waals surface area contributed by atoms with E-state index in [2.05, 4.69) is 18.7 Å². The van der Waals surface area contributed by atoms with Gasteiger partial charge in [0.05, 0.1) is 11.0 Å². The maximum absolute atomic E-state index is 11.7. The summed E-state index contributed by atoms with van der Waals surface area (Å²) in [7, 11) is -2.92. The summed E-state index contributed by atoms with van der Waals surface area (Å²) in [5.41, 5.74) is 5.46. The monoisotopic (exact) mass is 250 g/mol. The lowest BCUT2D eigenvalue weighted by atomic mass is 10.3. The zero-order valence-electron chi connectivity index (χ0n) is 10.9. The standard InChI is InChI=1S/C11H26N2O2S/c1-10(2)13(7-5-6-12)8-9-16(14,15)11(3)4/h10-11H,5-9,12H2,1-4H3. The van der Waals surface area contributed by atoms with Crippen molar-refractivity contribution < 1.29 is 8.42 Å². The van der Waals surface area contributed by atoms with Crippen LogP contribution in [0.15, 0.2) is 0 Å². The van der Waals surface area contributed by atoms with Crippen LogP contribution < -0.4 is 5.73 Å². The Hall–Kier alpha value is -0.130. The predicted molar refractivity (Wildman–Crippen MR) is 69.3 cm³/mol. The van der Waals surface area contributed by atoms with Crippen LogP contribution in [0.5, 0.6) is 0 Å². The third kappa shape index (κ3) is 5.82. The molecular formula is C11H26N2O2S. The van der Waals surface area contributed by atoms with Crippen molar-refractivity contribution in [3.05, 3.63) is 0 Å². The first-order chi connectivity index (χ1) is 7.31. The van der Waals surface area contributed by atoms with Crippen LogP contribution in [0.4, 0.5) is 0 Å². The largest absolute Gasteiger partial charge is 0.330 e. The number of hydrogen-bond acceptors (Lipinski definition) is 4. The molecule has 0 aliphatic carbocycles. The second-order valence-electron chi connectivity index (χ2n) is 4.69. The Morgan fingerprint density at radius 1 is 1.12 bits per heavy atom. The minimum atomic E-state index is -2.92. The molecular weight excluding hydrogens is 224 g/mol. The van der Waals surface area contributed by atoms with Gasteiger partial charge < -0.3 is 5.73 Å². The van der Waals surface area contributed by atoms with Crippen LogP contribution in [-0.2, 0) is 9.84 Å². The molecule has 0 spiro atoms. The lowest BCUT2D eigenvalue weighted by Gasteiger charge is -2.26. The van der Waals surface area contributed by atoms with E-state index in [1.54, 1.807) is 13.8 Å². The molecule has 98 valence electrons. The van der Waals surface area contributed by atoms with Crippen molar-refractivity contribution in [1.29, 1.82) is 0 Å². The number of rotatable bonds is 8. The minimum Gasteiger partial charge on any atom is -0.330 e. The summed E-state index contributed by atoms with van der Waals surface area (Å²) >= 11 is 0. The molecule has 0 bridgehead atoms. The van der Waals surface area contributed by atoms with Crippen molar-refractivity contribution in [2.75, 3.05) is 25.4 Å². The van der Waals surface area contributed by atoms with Crippen LogP contribution in [0.1, 0.15) is 34.1 Å². The minimum absolute atomic E-state index is 0.243. The highest BCUT2D eigenvalue weighted by atomic mass is 32.2. The van der Waals surface area contributed by atoms with Gasteiger partial charge in [0.15, 0.2) is 9.84 Å². The molecule has 0 aromatic rings. The Morgan fingerprint density at radius 3 is 2.06 bits per heavy atom. The molecule has 0 aliphatic rings. The molecule has 0 aromatic carbocycles. The summed E-state index contributed by atoms with van der Waals surface area (Å²) in [5.74, 6) is 0.243. The Kier molecular flexibility index (Phi) is 7.19. The predicted octanol–water partition coefficient (Wildman–Crippen LogP) is 0.869. The van der Waals surface area contributed by atoms with Gasteiger partial charge in [-0.15, -0.1) is 0 Å². The quantitative estimate of drug-likeness (QED) is 0.694. The second-order valence-corrected chi connectivity index (χ2v) is 7.36. The molecule has 0 heterocycles. The van der Waals surface area contributed by atoms with E-state index in [1.165, 1.54) is 0 Å². The fraction of sp³-hybridized carbons (Fsp3) is 1.00. The van der Waals surface area contributed by atoms with E-state index in [0.717, 1.165) is 13.0 Å². The molecule has 0 saturated carbocycles. The Morgan fingerprint density at radius 2 is 1.69 bits per heavy atom. The summed E-state index contributed by atoms with van der Waals surface area (Å²) in [6, 6.07) is 0.369. The maximum atomic E-state index is 11.7. The zero-order chi connectivity index (χ0) is 12.8. The Labute approximate surface area is 100 Å². The molecule has 2 N–H and O–H groups in total. The van der Waals surface area contributed by atoms with Crippen molar-refractivity contribution in [3.63, 3.8) is 0 Å². The van der Waals surface area contributed by atoms with E-state index < -0.39 is 9.84 Å². The highest BCUT2D eigenvalue weighted by Crippen LogP contribution is 2.05. The normalized spacial score (nSPS) is 13.0. The molecule has 0 unspecified atom stereocenters. The van der Waals surface area contributed by atoms with Crippen molar-refractivity contribution in [2.24, 2.45) is 5.73 Å². The summed E-state index contributed by atoms with van der Waals surface area (Å²) in [6.07, 6.45) is 0.917. The van der Waals surface area contributed by atoms with Crippen LogP contribution in [0.2, 0.25) is 0 Å². The van der Waals surface area contributed by atoms with Crippen LogP contribution in [0.25, 0.3) is 0 Å². The highest BCUT2D eigenvalue weighted by Gasteiger charge is 2.18. The summed E-state index contributed by atoms with van der Waals surface area (Å²) < 4.78 is 23.4. The van der Waals surface area contributed by atoms with Crippen molar-refractivity contribution >= 4 is 9.84 Å². The molecule has 0 saturated heterocycles. The second kappa shape index (κ2) is 7.25. The van der Waals surface area contributed by atoms with Gasteiger partial charge in [-0.25, -0.2) is 8.42 Å². The van der Waals surface area contributed by atoms with E-state index in [9.17, 15) is 8.42 Å². The molecule has 0 fully saturated rings. The van der Waals surface area contributed by atoms with Gasteiger partial charge in [0, 0.05) is 12.6 Å². The smallest absolute Gasteiger partial charge is 0.153 e. The van der Waals surface area contributed by atoms with Gasteiger partial charge in [-0.1, -0.05) is 0 Å². The molecule has 0 atom stereocenters. The SMILES string of the molecule is CC(C)N(CCCN)CCS(=O)(=O)C(C)C. The number of hydrogen-bond donors (Lipinski definition) is 1. The average molecular weight is 250 g/mol. The molecule has 0 radical (unpaired) electrons. The number of nitrogens with zero attached hydrogens (tertiary/aromatic N) is 1. The van der Waals surface area contributed by atoms with Crippen molar-refractivity contribution in [3.8, 4) is 0 Å². The van der Waals surface area contributed by atoms with Gasteiger partial charge in [0.25, 0.3) is 0 Å². The van der Waals surface area contributed by atoms with E-state index in [4.69, 9.17) is 5.73 Å². The molecule has 4 nitrogen and oxygen atoms in total. The summed E-state index contributed by atoms with van der Waals surface area (Å²) in [5, 5.41) is -0.281. The molecule has 16 heavy (non-hydrogen) atoms. The highest BCUT2D eigenvalue weighted by molar-refractivity contribution is 7.92. The number of nitrogens with two attached hydrogens (primary N) is 1. The first kappa shape index (κ1) is 15.9. The average Bonchev–Trinajstić information content (AvgIpc) is 2.16. The van der Waals surface area contributed by atoms with Gasteiger partial charge in [0.2, 0.25) is 0 Å². The van der Waals surface area contributed by atoms with Gasteiger partial charge >= 0.3 is 0 Å². The molecule has 0 rings (SSSR count). The Balaban J connectivity index is 4.22.